The molecule has 2 aromatic carbocycles. The Kier molecular flexibility index (Phi) is 9.43. The molecular weight excluding hydrogens is 573 g/mol. The maximum atomic E-state index is 12.7. The van der Waals surface area contributed by atoms with Crippen LogP contribution in [-0.2, 0) is 11.3 Å². The number of thioether (sulfide) groups is 2. The minimum atomic E-state index is -0.257. The molecule has 0 atom stereocenters. The Hall–Kier alpha value is -2.64. The van der Waals surface area contributed by atoms with E-state index in [-0.39, 0.29) is 24.1 Å². The maximum Gasteiger partial charge on any atom is 0.251 e. The molecule has 0 aliphatic carbocycles. The Morgan fingerprint density at radius 3 is 2.62 bits per heavy atom. The molecule has 2 aromatic heterocycles. The van der Waals surface area contributed by atoms with Gasteiger partial charge in [-0.25, -0.2) is 0 Å². The van der Waals surface area contributed by atoms with Crippen LogP contribution in [0.15, 0.2) is 52.0 Å². The molecule has 0 bridgehead atoms. The van der Waals surface area contributed by atoms with Gasteiger partial charge < -0.3 is 5.32 Å². The van der Waals surface area contributed by atoms with Crippen molar-refractivity contribution >= 4 is 75.0 Å². The van der Waals surface area contributed by atoms with E-state index >= 15 is 0 Å². The number of nitrogens with zero attached hydrogens (tertiary/aromatic N) is 5. The monoisotopic (exact) mass is 593 g/mol. The quantitative estimate of drug-likeness (QED) is 0.183. The van der Waals surface area contributed by atoms with Crippen molar-refractivity contribution in [3.05, 3.63) is 69.5 Å². The Balaban J connectivity index is 1.50. The number of anilines is 1. The van der Waals surface area contributed by atoms with Crippen LogP contribution in [0.25, 0.3) is 5.69 Å². The Morgan fingerprint density at radius 2 is 1.86 bits per heavy atom. The molecule has 2 N–H and O–H groups in total. The predicted octanol–water partition coefficient (Wildman–Crippen LogP) is 5.51. The van der Waals surface area contributed by atoms with E-state index in [0.717, 1.165) is 15.7 Å². The SMILES string of the molecule is CCSc1nnc(NC(=O)CSc2nnc(CNC(=O)c3cccc(C)c3)n2-c2ccc(Cl)c(Cl)c2)s1. The van der Waals surface area contributed by atoms with Crippen LogP contribution in [0.2, 0.25) is 10.0 Å². The molecule has 0 aliphatic heterocycles. The van der Waals surface area contributed by atoms with Gasteiger partial charge in [-0.2, -0.15) is 0 Å². The van der Waals surface area contributed by atoms with E-state index in [1.54, 1.807) is 46.7 Å². The zero-order chi connectivity index (χ0) is 26.4. The minimum Gasteiger partial charge on any atom is -0.345 e. The summed E-state index contributed by atoms with van der Waals surface area (Å²) in [6.45, 7) is 4.05. The molecule has 0 fully saturated rings. The van der Waals surface area contributed by atoms with Gasteiger partial charge in [0.25, 0.3) is 5.91 Å². The minimum absolute atomic E-state index is 0.0605. The molecule has 37 heavy (non-hydrogen) atoms. The number of aromatic nitrogens is 5. The molecule has 192 valence electrons. The predicted molar refractivity (Wildman–Crippen MR) is 149 cm³/mol. The molecule has 4 rings (SSSR count). The lowest BCUT2D eigenvalue weighted by Crippen LogP contribution is -2.24. The van der Waals surface area contributed by atoms with E-state index < -0.39 is 0 Å². The zero-order valence-electron chi connectivity index (χ0n) is 19.7. The molecular formula is C23H21Cl2N7O2S3. The standard InChI is InChI=1S/C23H21Cl2N7O2S3/c1-3-35-23-31-29-21(37-23)27-19(33)12-36-22-30-28-18(32(22)15-7-8-16(24)17(25)10-15)11-26-20(34)14-6-4-5-13(2)9-14/h4-10H,3,11-12H2,1-2H3,(H,26,34)(H,27,29,33). The number of carbonyl (C=O) groups is 2. The third kappa shape index (κ3) is 7.23. The highest BCUT2D eigenvalue weighted by molar-refractivity contribution is 8.01. The molecule has 9 nitrogen and oxygen atoms in total. The van der Waals surface area contributed by atoms with Gasteiger partial charge >= 0.3 is 0 Å². The van der Waals surface area contributed by atoms with Crippen LogP contribution in [0, 0.1) is 6.92 Å². The summed E-state index contributed by atoms with van der Waals surface area (Å²) in [5.41, 5.74) is 2.17. The van der Waals surface area contributed by atoms with Gasteiger partial charge in [-0.1, -0.05) is 82.7 Å². The van der Waals surface area contributed by atoms with Gasteiger partial charge in [0.05, 0.1) is 28.0 Å². The van der Waals surface area contributed by atoms with Crippen LogP contribution in [0.3, 0.4) is 0 Å². The first kappa shape index (κ1) is 27.4. The molecule has 2 amide bonds. The lowest BCUT2D eigenvalue weighted by Gasteiger charge is -2.12. The summed E-state index contributed by atoms with van der Waals surface area (Å²) in [7, 11) is 0. The average Bonchev–Trinajstić information content (AvgIpc) is 3.49. The molecule has 14 heteroatoms. The van der Waals surface area contributed by atoms with Crippen LogP contribution in [0.5, 0.6) is 0 Å². The van der Waals surface area contributed by atoms with Gasteiger partial charge in [-0.15, -0.1) is 20.4 Å². The third-order valence-electron chi connectivity index (χ3n) is 4.80. The number of rotatable bonds is 10. The largest absolute Gasteiger partial charge is 0.345 e. The summed E-state index contributed by atoms with van der Waals surface area (Å²) in [6.07, 6.45) is 0. The number of amides is 2. The second kappa shape index (κ2) is 12.7. The fourth-order valence-electron chi connectivity index (χ4n) is 3.17. The van der Waals surface area contributed by atoms with Crippen molar-refractivity contribution in [2.75, 3.05) is 16.8 Å². The molecule has 0 spiro atoms. The summed E-state index contributed by atoms with van der Waals surface area (Å²) >= 11 is 16.4. The highest BCUT2D eigenvalue weighted by Gasteiger charge is 2.18. The van der Waals surface area contributed by atoms with E-state index in [1.807, 2.05) is 26.0 Å². The van der Waals surface area contributed by atoms with Crippen LogP contribution >= 0.6 is 58.1 Å². The first-order valence-corrected chi connectivity index (χ1v) is 14.5. The van der Waals surface area contributed by atoms with E-state index in [1.165, 1.54) is 23.1 Å². The number of hydrogen-bond acceptors (Lipinski definition) is 9. The van der Waals surface area contributed by atoms with Gasteiger partial charge in [0.15, 0.2) is 15.3 Å². The molecule has 0 saturated heterocycles. The van der Waals surface area contributed by atoms with Crippen LogP contribution < -0.4 is 10.6 Å². The Morgan fingerprint density at radius 1 is 1.03 bits per heavy atom. The summed E-state index contributed by atoms with van der Waals surface area (Å²) < 4.78 is 2.53. The molecule has 0 radical (unpaired) electrons. The van der Waals surface area contributed by atoms with E-state index in [2.05, 4.69) is 31.0 Å². The fourth-order valence-corrected chi connectivity index (χ4v) is 5.90. The van der Waals surface area contributed by atoms with Crippen LogP contribution in [0.1, 0.15) is 28.7 Å². The van der Waals surface area contributed by atoms with Gasteiger partial charge in [0.2, 0.25) is 11.0 Å². The van der Waals surface area contributed by atoms with E-state index in [0.29, 0.717) is 37.4 Å². The highest BCUT2D eigenvalue weighted by Crippen LogP contribution is 2.29. The average molecular weight is 595 g/mol. The number of carbonyl (C=O) groups excluding carboxylic acids is 2. The normalized spacial score (nSPS) is 10.9. The summed E-state index contributed by atoms with van der Waals surface area (Å²) in [5.74, 6) is 0.903. The van der Waals surface area contributed by atoms with Crippen molar-refractivity contribution in [2.45, 2.75) is 29.9 Å². The second-order valence-electron chi connectivity index (χ2n) is 7.53. The number of benzene rings is 2. The number of hydrogen-bond donors (Lipinski definition) is 2. The van der Waals surface area contributed by atoms with Crippen molar-refractivity contribution in [1.82, 2.24) is 30.3 Å². The number of nitrogens with one attached hydrogen (secondary N) is 2. The van der Waals surface area contributed by atoms with Gasteiger partial charge in [0.1, 0.15) is 0 Å². The fraction of sp³-hybridized carbons (Fsp3) is 0.217. The topological polar surface area (TPSA) is 115 Å². The van der Waals surface area contributed by atoms with Crippen molar-refractivity contribution < 1.29 is 9.59 Å². The van der Waals surface area contributed by atoms with Crippen molar-refractivity contribution in [2.24, 2.45) is 0 Å². The van der Waals surface area contributed by atoms with Crippen molar-refractivity contribution in [3.63, 3.8) is 0 Å². The maximum absolute atomic E-state index is 12.7. The Labute approximate surface area is 235 Å². The van der Waals surface area contributed by atoms with Gasteiger partial charge in [-0.05, 0) is 43.0 Å². The third-order valence-corrected chi connectivity index (χ3v) is 8.32. The summed E-state index contributed by atoms with van der Waals surface area (Å²) in [6, 6.07) is 12.4. The highest BCUT2D eigenvalue weighted by atomic mass is 35.5. The number of aryl methyl sites for hydroxylation is 1. The summed E-state index contributed by atoms with van der Waals surface area (Å²) in [5, 5.41) is 23.8. The summed E-state index contributed by atoms with van der Waals surface area (Å²) in [4.78, 5) is 25.2. The molecule has 2 heterocycles. The first-order chi connectivity index (χ1) is 17.8. The Bertz CT molecular complexity index is 1430. The molecule has 0 aliphatic rings. The zero-order valence-corrected chi connectivity index (χ0v) is 23.7. The van der Waals surface area contributed by atoms with Crippen LogP contribution in [0.4, 0.5) is 5.13 Å². The first-order valence-electron chi connectivity index (χ1n) is 11.0. The smallest absolute Gasteiger partial charge is 0.251 e. The molecule has 0 unspecified atom stereocenters. The number of halogens is 2. The molecule has 4 aromatic rings. The van der Waals surface area contributed by atoms with Gasteiger partial charge in [-0.3, -0.25) is 19.5 Å². The lowest BCUT2D eigenvalue weighted by atomic mass is 10.1. The van der Waals surface area contributed by atoms with Crippen molar-refractivity contribution in [1.29, 1.82) is 0 Å². The lowest BCUT2D eigenvalue weighted by molar-refractivity contribution is -0.113. The molecule has 0 saturated carbocycles. The van der Waals surface area contributed by atoms with Gasteiger partial charge in [0, 0.05) is 5.56 Å². The van der Waals surface area contributed by atoms with Crippen molar-refractivity contribution in [3.8, 4) is 5.69 Å². The van der Waals surface area contributed by atoms with Crippen LogP contribution in [-0.4, -0.2) is 48.3 Å². The van der Waals surface area contributed by atoms with E-state index in [9.17, 15) is 9.59 Å². The van der Waals surface area contributed by atoms with E-state index in [4.69, 9.17) is 23.2 Å². The second-order valence-corrected chi connectivity index (χ2v) is 11.8.